The molecule has 2 bridgehead atoms. The van der Waals surface area contributed by atoms with E-state index in [0.29, 0.717) is 6.42 Å². The Hall–Kier alpha value is -1.08. The van der Waals surface area contributed by atoms with Crippen molar-refractivity contribution >= 4 is 5.97 Å². The lowest BCUT2D eigenvalue weighted by molar-refractivity contribution is -0.147. The average molecular weight is 179 g/mol. The summed E-state index contributed by atoms with van der Waals surface area (Å²) in [6.45, 7) is 0. The van der Waals surface area contributed by atoms with Crippen molar-refractivity contribution in [1.82, 2.24) is 0 Å². The molecule has 4 heteroatoms. The monoisotopic (exact) mass is 179 g/mol. The number of hydrogen-bond acceptors (Lipinski definition) is 4. The second kappa shape index (κ2) is 1.88. The van der Waals surface area contributed by atoms with E-state index in [1.54, 1.807) is 0 Å². The van der Waals surface area contributed by atoms with Crippen molar-refractivity contribution in [3.05, 3.63) is 0 Å². The van der Waals surface area contributed by atoms with Crippen molar-refractivity contribution in [1.29, 1.82) is 5.26 Å². The van der Waals surface area contributed by atoms with E-state index in [2.05, 4.69) is 6.07 Å². The molecule has 4 nitrogen and oxygen atoms in total. The van der Waals surface area contributed by atoms with Gasteiger partial charge in [-0.25, -0.2) is 0 Å². The minimum absolute atomic E-state index is 0.0509. The van der Waals surface area contributed by atoms with E-state index in [0.717, 1.165) is 6.42 Å². The molecule has 0 aromatic rings. The molecule has 0 amide bonds. The number of nitrogens with zero attached hydrogens (tertiary/aromatic N) is 1. The van der Waals surface area contributed by atoms with Gasteiger partial charge in [-0.2, -0.15) is 5.26 Å². The van der Waals surface area contributed by atoms with Gasteiger partial charge in [0.2, 0.25) is 0 Å². The van der Waals surface area contributed by atoms with Gasteiger partial charge < -0.3 is 9.84 Å². The summed E-state index contributed by atoms with van der Waals surface area (Å²) in [5.41, 5.74) is -0.908. The van der Waals surface area contributed by atoms with Crippen molar-refractivity contribution in [2.24, 2.45) is 17.3 Å². The van der Waals surface area contributed by atoms with Crippen LogP contribution < -0.4 is 0 Å². The van der Waals surface area contributed by atoms with Crippen LogP contribution in [0, 0.1) is 28.6 Å². The van der Waals surface area contributed by atoms with Gasteiger partial charge in [0.25, 0.3) is 0 Å². The molecule has 1 saturated heterocycles. The van der Waals surface area contributed by atoms with E-state index in [1.807, 2.05) is 0 Å². The largest absolute Gasteiger partial charge is 0.458 e. The summed E-state index contributed by atoms with van der Waals surface area (Å²) in [5, 5.41) is 18.6. The van der Waals surface area contributed by atoms with Gasteiger partial charge in [-0.05, 0) is 18.8 Å². The van der Waals surface area contributed by atoms with E-state index in [1.165, 1.54) is 0 Å². The van der Waals surface area contributed by atoms with E-state index in [4.69, 9.17) is 10.00 Å². The Morgan fingerprint density at radius 2 is 2.46 bits per heavy atom. The van der Waals surface area contributed by atoms with Crippen LogP contribution in [0.15, 0.2) is 0 Å². The fourth-order valence-electron chi connectivity index (χ4n) is 3.15. The Morgan fingerprint density at radius 1 is 1.69 bits per heavy atom. The van der Waals surface area contributed by atoms with Gasteiger partial charge in [0.1, 0.15) is 6.10 Å². The van der Waals surface area contributed by atoms with Crippen LogP contribution in [0.3, 0.4) is 0 Å². The lowest BCUT2D eigenvalue weighted by Gasteiger charge is -2.23. The van der Waals surface area contributed by atoms with Crippen LogP contribution in [0.5, 0.6) is 0 Å². The lowest BCUT2D eigenvalue weighted by atomic mass is 9.75. The number of nitriles is 1. The predicted molar refractivity (Wildman–Crippen MR) is 40.1 cm³/mol. The van der Waals surface area contributed by atoms with Crippen molar-refractivity contribution in [2.45, 2.75) is 25.0 Å². The van der Waals surface area contributed by atoms with Crippen LogP contribution in [0.25, 0.3) is 0 Å². The number of fused-ring (bicyclic) bond motifs is 1. The molecule has 4 unspecified atom stereocenters. The molecule has 1 heterocycles. The van der Waals surface area contributed by atoms with E-state index >= 15 is 0 Å². The smallest absolute Gasteiger partial charge is 0.327 e. The molecule has 68 valence electrons. The first kappa shape index (κ1) is 7.34. The summed E-state index contributed by atoms with van der Waals surface area (Å²) in [5.74, 6) is -0.366. The van der Waals surface area contributed by atoms with Crippen molar-refractivity contribution in [2.75, 3.05) is 0 Å². The second-order valence-electron chi connectivity index (χ2n) is 4.25. The number of aliphatic hydroxyl groups excluding tert-OH is 1. The molecule has 1 N–H and O–H groups in total. The quantitative estimate of drug-likeness (QED) is 0.524. The molecule has 0 spiro atoms. The fourth-order valence-corrected chi connectivity index (χ4v) is 3.15. The van der Waals surface area contributed by atoms with Crippen LogP contribution in [0.2, 0.25) is 0 Å². The van der Waals surface area contributed by atoms with Gasteiger partial charge in [-0.1, -0.05) is 0 Å². The number of hydrogen-bond donors (Lipinski definition) is 1. The highest BCUT2D eigenvalue weighted by Crippen LogP contribution is 2.61. The summed E-state index contributed by atoms with van der Waals surface area (Å²) < 4.78 is 5.03. The van der Waals surface area contributed by atoms with E-state index in [9.17, 15) is 9.90 Å². The molecule has 3 aliphatic rings. The number of esters is 1. The van der Waals surface area contributed by atoms with Crippen LogP contribution in [0.4, 0.5) is 0 Å². The van der Waals surface area contributed by atoms with Gasteiger partial charge in [-0.3, -0.25) is 4.79 Å². The maximum Gasteiger partial charge on any atom is 0.327 e. The number of carbonyl (C=O) groups excluding carboxylic acids is 1. The zero-order valence-corrected chi connectivity index (χ0v) is 6.93. The predicted octanol–water partition coefficient (Wildman–Crippen LogP) is -0.178. The number of ether oxygens (including phenoxy) is 1. The zero-order valence-electron chi connectivity index (χ0n) is 6.93. The summed E-state index contributed by atoms with van der Waals surface area (Å²) in [6.07, 6.45) is 0.333. The van der Waals surface area contributed by atoms with Crippen LogP contribution in [0.1, 0.15) is 12.8 Å². The molecular formula is C9H9NO3. The maximum atomic E-state index is 11.4. The fraction of sp³-hybridized carbons (Fsp3) is 0.778. The third-order valence-corrected chi connectivity index (χ3v) is 3.80. The molecule has 3 fully saturated rings. The molecule has 0 aromatic carbocycles. The summed E-state index contributed by atoms with van der Waals surface area (Å²) in [6, 6.07) is 2.08. The van der Waals surface area contributed by atoms with Crippen molar-refractivity contribution < 1.29 is 14.6 Å². The van der Waals surface area contributed by atoms with Crippen LogP contribution in [-0.2, 0) is 9.53 Å². The summed E-state index contributed by atoms with van der Waals surface area (Å²) in [7, 11) is 0. The maximum absolute atomic E-state index is 11.4. The standard InChI is InChI=1S/C9H9NO3/c10-3-9-2-4-1-5(9)7(6(4)11)13-8(9)12/h4-7,11H,1-2H2/t4?,5?,6-,7?,9?/m1/s1. The molecule has 2 saturated carbocycles. The third kappa shape index (κ3) is 0.574. The van der Waals surface area contributed by atoms with Crippen molar-refractivity contribution in [3.8, 4) is 6.07 Å². The molecule has 0 radical (unpaired) electrons. The normalized spacial score (nSPS) is 56.5. The third-order valence-electron chi connectivity index (χ3n) is 3.80. The minimum atomic E-state index is -0.908. The molecule has 2 aliphatic carbocycles. The number of rotatable bonds is 0. The Kier molecular flexibility index (Phi) is 1.06. The first-order valence-electron chi connectivity index (χ1n) is 4.49. The Balaban J connectivity index is 2.12. The molecule has 13 heavy (non-hydrogen) atoms. The van der Waals surface area contributed by atoms with Gasteiger partial charge in [0.05, 0.1) is 12.2 Å². The zero-order chi connectivity index (χ0) is 9.22. The van der Waals surface area contributed by atoms with Gasteiger partial charge >= 0.3 is 5.97 Å². The Morgan fingerprint density at radius 3 is 3.08 bits per heavy atom. The highest BCUT2D eigenvalue weighted by Gasteiger charge is 2.70. The lowest BCUT2D eigenvalue weighted by Crippen LogP contribution is -2.36. The second-order valence-corrected chi connectivity index (χ2v) is 4.25. The van der Waals surface area contributed by atoms with Gasteiger partial charge in [-0.15, -0.1) is 0 Å². The summed E-state index contributed by atoms with van der Waals surface area (Å²) in [4.78, 5) is 11.4. The average Bonchev–Trinajstić information content (AvgIpc) is 2.68. The number of aliphatic hydroxyl groups is 1. The molecular weight excluding hydrogens is 170 g/mol. The van der Waals surface area contributed by atoms with E-state index < -0.39 is 23.6 Å². The van der Waals surface area contributed by atoms with Crippen molar-refractivity contribution in [3.63, 3.8) is 0 Å². The molecule has 3 rings (SSSR count). The highest BCUT2D eigenvalue weighted by atomic mass is 16.6. The highest BCUT2D eigenvalue weighted by molar-refractivity contribution is 5.84. The first-order chi connectivity index (χ1) is 6.19. The first-order valence-corrected chi connectivity index (χ1v) is 4.49. The van der Waals surface area contributed by atoms with Crippen LogP contribution >= 0.6 is 0 Å². The number of carbonyl (C=O) groups is 1. The van der Waals surface area contributed by atoms with Gasteiger partial charge in [0, 0.05) is 5.92 Å². The SMILES string of the molecule is N#CC12CC3CC1C(OC2=O)[C@@H]3O. The van der Waals surface area contributed by atoms with E-state index in [-0.39, 0.29) is 11.8 Å². The topological polar surface area (TPSA) is 70.3 Å². The Bertz CT molecular complexity index is 334. The Labute approximate surface area is 75.1 Å². The van der Waals surface area contributed by atoms with Gasteiger partial charge in [0.15, 0.2) is 5.41 Å². The minimum Gasteiger partial charge on any atom is -0.458 e. The molecule has 5 atom stereocenters. The van der Waals surface area contributed by atoms with Crippen LogP contribution in [-0.4, -0.2) is 23.3 Å². The molecule has 0 aromatic heterocycles. The molecule has 1 aliphatic heterocycles. The summed E-state index contributed by atoms with van der Waals surface area (Å²) >= 11 is 0.